The van der Waals surface area contributed by atoms with Crippen molar-refractivity contribution in [3.05, 3.63) is 66.5 Å². The molecule has 0 radical (unpaired) electrons. The number of hydrogen-bond donors (Lipinski definition) is 1. The first-order valence-electron chi connectivity index (χ1n) is 6.62. The number of benzene rings is 1. The molecule has 96 valence electrons. The fourth-order valence-corrected chi connectivity index (χ4v) is 2.35. The zero-order valence-corrected chi connectivity index (χ0v) is 11.0. The maximum absolute atomic E-state index is 4.31. The van der Waals surface area contributed by atoms with E-state index in [2.05, 4.69) is 52.0 Å². The zero-order chi connectivity index (χ0) is 13.1. The van der Waals surface area contributed by atoms with Crippen LogP contribution in [0.5, 0.6) is 0 Å². The van der Waals surface area contributed by atoms with Crippen molar-refractivity contribution >= 4 is 11.5 Å². The Labute approximate surface area is 112 Å². The third-order valence-corrected chi connectivity index (χ3v) is 3.36. The highest BCUT2D eigenvalue weighted by Crippen LogP contribution is 2.22. The topological polar surface area (TPSA) is 29.3 Å². The van der Waals surface area contributed by atoms with Gasteiger partial charge >= 0.3 is 0 Å². The van der Waals surface area contributed by atoms with E-state index < -0.39 is 0 Å². The van der Waals surface area contributed by atoms with Crippen LogP contribution < -0.4 is 5.32 Å². The third kappa shape index (κ3) is 2.32. The molecule has 2 heterocycles. The lowest BCUT2D eigenvalue weighted by atomic mass is 10.0. The maximum atomic E-state index is 4.31. The predicted octanol–water partition coefficient (Wildman–Crippen LogP) is 3.90. The van der Waals surface area contributed by atoms with Gasteiger partial charge in [-0.1, -0.05) is 43.3 Å². The molecular weight excluding hydrogens is 234 g/mol. The second-order valence-electron chi connectivity index (χ2n) is 4.58. The minimum Gasteiger partial charge on any atom is -0.364 e. The number of hydrogen-bond acceptors (Lipinski definition) is 2. The summed E-state index contributed by atoms with van der Waals surface area (Å²) in [7, 11) is 0. The summed E-state index contributed by atoms with van der Waals surface area (Å²) in [6.45, 7) is 2.19. The Morgan fingerprint density at radius 3 is 2.74 bits per heavy atom. The van der Waals surface area contributed by atoms with E-state index in [1.165, 1.54) is 5.56 Å². The second-order valence-corrected chi connectivity index (χ2v) is 4.58. The summed E-state index contributed by atoms with van der Waals surface area (Å²) in [6, 6.07) is 17.0. The number of rotatable bonds is 4. The van der Waals surface area contributed by atoms with Crippen LogP contribution in [0.1, 0.15) is 24.9 Å². The molecule has 3 aromatic rings. The first kappa shape index (κ1) is 11.8. The fourth-order valence-electron chi connectivity index (χ4n) is 2.35. The second kappa shape index (κ2) is 5.14. The Morgan fingerprint density at radius 1 is 1.11 bits per heavy atom. The third-order valence-electron chi connectivity index (χ3n) is 3.36. The van der Waals surface area contributed by atoms with Crippen LogP contribution in [0, 0.1) is 0 Å². The number of imidazole rings is 1. The van der Waals surface area contributed by atoms with E-state index >= 15 is 0 Å². The van der Waals surface area contributed by atoms with E-state index in [-0.39, 0.29) is 0 Å². The molecule has 1 N–H and O–H groups in total. The number of pyridine rings is 1. The molecule has 0 saturated heterocycles. The van der Waals surface area contributed by atoms with Gasteiger partial charge in [-0.3, -0.25) is 4.40 Å². The number of anilines is 1. The molecule has 3 heteroatoms. The molecule has 0 aliphatic heterocycles. The highest BCUT2D eigenvalue weighted by Gasteiger charge is 2.10. The molecule has 0 fully saturated rings. The van der Waals surface area contributed by atoms with Crippen molar-refractivity contribution in [1.29, 1.82) is 0 Å². The van der Waals surface area contributed by atoms with Crippen molar-refractivity contribution in [3.8, 4) is 0 Å². The van der Waals surface area contributed by atoms with Gasteiger partial charge in [0.25, 0.3) is 0 Å². The van der Waals surface area contributed by atoms with Crippen LogP contribution in [0.4, 0.5) is 5.82 Å². The highest BCUT2D eigenvalue weighted by atomic mass is 15.1. The van der Waals surface area contributed by atoms with Gasteiger partial charge in [0.1, 0.15) is 11.5 Å². The van der Waals surface area contributed by atoms with Crippen molar-refractivity contribution in [2.24, 2.45) is 0 Å². The number of aromatic nitrogens is 2. The SMILES string of the molecule is CCC(Nc1cccc2nccn12)c1ccccc1. The van der Waals surface area contributed by atoms with E-state index in [1.54, 1.807) is 0 Å². The minimum absolute atomic E-state index is 0.314. The molecule has 1 atom stereocenters. The average Bonchev–Trinajstić information content (AvgIpc) is 2.95. The lowest BCUT2D eigenvalue weighted by molar-refractivity contribution is 0.742. The Kier molecular flexibility index (Phi) is 3.19. The largest absolute Gasteiger partial charge is 0.364 e. The van der Waals surface area contributed by atoms with Gasteiger partial charge < -0.3 is 5.32 Å². The summed E-state index contributed by atoms with van der Waals surface area (Å²) in [4.78, 5) is 4.31. The van der Waals surface area contributed by atoms with E-state index in [4.69, 9.17) is 0 Å². The lowest BCUT2D eigenvalue weighted by Crippen LogP contribution is -2.11. The van der Waals surface area contributed by atoms with Crippen LogP contribution in [0.15, 0.2) is 60.9 Å². The molecule has 0 aliphatic rings. The molecule has 2 aromatic heterocycles. The van der Waals surface area contributed by atoms with Crippen molar-refractivity contribution in [2.75, 3.05) is 5.32 Å². The Hall–Kier alpha value is -2.29. The summed E-state index contributed by atoms with van der Waals surface area (Å²) in [5.41, 5.74) is 2.27. The number of nitrogens with zero attached hydrogens (tertiary/aromatic N) is 2. The molecular formula is C16H17N3. The quantitative estimate of drug-likeness (QED) is 0.762. The van der Waals surface area contributed by atoms with Crippen molar-refractivity contribution < 1.29 is 0 Å². The van der Waals surface area contributed by atoms with E-state index in [0.29, 0.717) is 6.04 Å². The zero-order valence-electron chi connectivity index (χ0n) is 11.0. The maximum Gasteiger partial charge on any atom is 0.138 e. The molecule has 0 spiro atoms. The standard InChI is InChI=1S/C16H17N3/c1-2-14(13-7-4-3-5-8-13)18-16-10-6-9-15-17-11-12-19(15)16/h3-12,14,18H,2H2,1H3. The van der Waals surface area contributed by atoms with Crippen LogP contribution >= 0.6 is 0 Å². The van der Waals surface area contributed by atoms with Crippen LogP contribution in [-0.4, -0.2) is 9.38 Å². The molecule has 3 nitrogen and oxygen atoms in total. The number of fused-ring (bicyclic) bond motifs is 1. The molecule has 19 heavy (non-hydrogen) atoms. The minimum atomic E-state index is 0.314. The van der Waals surface area contributed by atoms with Gasteiger partial charge in [-0.15, -0.1) is 0 Å². The van der Waals surface area contributed by atoms with Gasteiger partial charge in [0.15, 0.2) is 0 Å². The Morgan fingerprint density at radius 2 is 1.95 bits per heavy atom. The van der Waals surface area contributed by atoms with Gasteiger partial charge in [0.05, 0.1) is 6.04 Å². The molecule has 1 unspecified atom stereocenters. The first-order chi connectivity index (χ1) is 9.38. The first-order valence-corrected chi connectivity index (χ1v) is 6.62. The van der Waals surface area contributed by atoms with Crippen LogP contribution in [-0.2, 0) is 0 Å². The molecule has 3 rings (SSSR count). The average molecular weight is 251 g/mol. The number of nitrogens with one attached hydrogen (secondary N) is 1. The fraction of sp³-hybridized carbons (Fsp3) is 0.188. The summed E-state index contributed by atoms with van der Waals surface area (Å²) in [5, 5.41) is 3.60. The smallest absolute Gasteiger partial charge is 0.138 e. The van der Waals surface area contributed by atoms with Gasteiger partial charge in [-0.05, 0) is 24.1 Å². The predicted molar refractivity (Wildman–Crippen MR) is 78.3 cm³/mol. The summed E-state index contributed by atoms with van der Waals surface area (Å²) in [6.07, 6.45) is 4.84. The van der Waals surface area contributed by atoms with Crippen molar-refractivity contribution in [1.82, 2.24) is 9.38 Å². The van der Waals surface area contributed by atoms with Gasteiger partial charge in [-0.25, -0.2) is 4.98 Å². The molecule has 0 saturated carbocycles. The van der Waals surface area contributed by atoms with E-state index in [1.807, 2.05) is 30.6 Å². The van der Waals surface area contributed by atoms with E-state index in [9.17, 15) is 0 Å². The van der Waals surface area contributed by atoms with Gasteiger partial charge in [-0.2, -0.15) is 0 Å². The van der Waals surface area contributed by atoms with Crippen LogP contribution in [0.2, 0.25) is 0 Å². The highest BCUT2D eigenvalue weighted by molar-refractivity contribution is 5.50. The Balaban J connectivity index is 1.93. The summed E-state index contributed by atoms with van der Waals surface area (Å²) in [5.74, 6) is 1.07. The van der Waals surface area contributed by atoms with Crippen LogP contribution in [0.25, 0.3) is 5.65 Å². The van der Waals surface area contributed by atoms with Crippen molar-refractivity contribution in [2.45, 2.75) is 19.4 Å². The van der Waals surface area contributed by atoms with Crippen LogP contribution in [0.3, 0.4) is 0 Å². The lowest BCUT2D eigenvalue weighted by Gasteiger charge is -2.19. The van der Waals surface area contributed by atoms with E-state index in [0.717, 1.165) is 17.9 Å². The molecule has 0 amide bonds. The van der Waals surface area contributed by atoms with Gasteiger partial charge in [0.2, 0.25) is 0 Å². The molecule has 0 aliphatic carbocycles. The summed E-state index contributed by atoms with van der Waals surface area (Å²) < 4.78 is 2.08. The van der Waals surface area contributed by atoms with Crippen molar-refractivity contribution in [3.63, 3.8) is 0 Å². The Bertz CT molecular complexity index is 658. The summed E-state index contributed by atoms with van der Waals surface area (Å²) >= 11 is 0. The normalized spacial score (nSPS) is 12.5. The van der Waals surface area contributed by atoms with Gasteiger partial charge in [0, 0.05) is 12.4 Å². The molecule has 1 aromatic carbocycles. The monoisotopic (exact) mass is 251 g/mol. The molecule has 0 bridgehead atoms.